The van der Waals surface area contributed by atoms with Gasteiger partial charge in [0.05, 0.1) is 18.1 Å². The molecule has 1 saturated heterocycles. The number of nitrogens with zero attached hydrogens (tertiary/aromatic N) is 3. The van der Waals surface area contributed by atoms with Gasteiger partial charge in [-0.3, -0.25) is 0 Å². The van der Waals surface area contributed by atoms with E-state index in [9.17, 15) is 8.42 Å². The van der Waals surface area contributed by atoms with Crippen molar-refractivity contribution in [2.24, 2.45) is 0 Å². The number of benzene rings is 2. The third kappa shape index (κ3) is 6.05. The maximum absolute atomic E-state index is 12.9. The third-order valence-corrected chi connectivity index (χ3v) is 8.79. The number of hydrogen-bond acceptors (Lipinski definition) is 8. The van der Waals surface area contributed by atoms with E-state index >= 15 is 0 Å². The molecule has 1 aliphatic heterocycles. The molecule has 0 spiro atoms. The van der Waals surface area contributed by atoms with E-state index in [1.807, 2.05) is 24.3 Å². The van der Waals surface area contributed by atoms with Gasteiger partial charge in [-0.05, 0) is 29.7 Å². The predicted molar refractivity (Wildman–Crippen MR) is 124 cm³/mol. The van der Waals surface area contributed by atoms with E-state index < -0.39 is 10.0 Å². The van der Waals surface area contributed by atoms with E-state index in [0.29, 0.717) is 37.0 Å². The molecule has 0 bridgehead atoms. The SMILES string of the molecule is O=S(=O)(c1cccc(CSc2nnc(NCCc3ccccc3)s2)c1)N1CCOCC1. The van der Waals surface area contributed by atoms with Gasteiger partial charge >= 0.3 is 0 Å². The Morgan fingerprint density at radius 1 is 1.03 bits per heavy atom. The lowest BCUT2D eigenvalue weighted by atomic mass is 10.2. The average molecular weight is 477 g/mol. The minimum atomic E-state index is -3.49. The molecule has 0 unspecified atom stereocenters. The van der Waals surface area contributed by atoms with Crippen LogP contribution in [0.2, 0.25) is 0 Å². The van der Waals surface area contributed by atoms with Gasteiger partial charge in [0.2, 0.25) is 15.2 Å². The predicted octanol–water partition coefficient (Wildman–Crippen LogP) is 3.51. The largest absolute Gasteiger partial charge is 0.379 e. The summed E-state index contributed by atoms with van der Waals surface area (Å²) in [5, 5.41) is 12.5. The summed E-state index contributed by atoms with van der Waals surface area (Å²) in [6.45, 7) is 2.46. The Balaban J connectivity index is 1.31. The Labute approximate surface area is 190 Å². The molecule has 164 valence electrons. The zero-order chi connectivity index (χ0) is 21.5. The summed E-state index contributed by atoms with van der Waals surface area (Å²) >= 11 is 3.06. The second kappa shape index (κ2) is 10.6. The first-order valence-corrected chi connectivity index (χ1v) is 13.3. The maximum Gasteiger partial charge on any atom is 0.243 e. The van der Waals surface area contributed by atoms with Crippen LogP contribution < -0.4 is 5.32 Å². The maximum atomic E-state index is 12.9. The molecule has 2 aromatic carbocycles. The zero-order valence-corrected chi connectivity index (χ0v) is 19.4. The lowest BCUT2D eigenvalue weighted by molar-refractivity contribution is 0.0730. The summed E-state index contributed by atoms with van der Waals surface area (Å²) in [5.74, 6) is 0.630. The topological polar surface area (TPSA) is 84.4 Å². The first kappa shape index (κ1) is 22.2. The fourth-order valence-electron chi connectivity index (χ4n) is 3.17. The summed E-state index contributed by atoms with van der Waals surface area (Å²) < 4.78 is 33.3. The Kier molecular flexibility index (Phi) is 7.57. The van der Waals surface area contributed by atoms with Gasteiger partial charge < -0.3 is 10.1 Å². The van der Waals surface area contributed by atoms with E-state index in [1.165, 1.54) is 21.2 Å². The highest BCUT2D eigenvalue weighted by Gasteiger charge is 2.26. The van der Waals surface area contributed by atoms with Crippen LogP contribution in [0.3, 0.4) is 0 Å². The molecule has 1 N–H and O–H groups in total. The number of sulfonamides is 1. The fourth-order valence-corrected chi connectivity index (χ4v) is 6.37. The molecule has 0 amide bonds. The van der Waals surface area contributed by atoms with Crippen molar-refractivity contribution in [1.82, 2.24) is 14.5 Å². The molecule has 0 atom stereocenters. The molecule has 1 aliphatic rings. The standard InChI is InChI=1S/C21H24N4O3S3/c26-31(27,25-11-13-28-14-12-25)19-8-4-7-18(15-19)16-29-21-24-23-20(30-21)22-10-9-17-5-2-1-3-6-17/h1-8,15H,9-14,16H2,(H,22,23). The van der Waals surface area contributed by atoms with Crippen LogP contribution in [0.25, 0.3) is 0 Å². The molecule has 1 aromatic heterocycles. The third-order valence-electron chi connectivity index (χ3n) is 4.81. The van der Waals surface area contributed by atoms with Crippen molar-refractivity contribution in [3.05, 3.63) is 65.7 Å². The number of ether oxygens (including phenoxy) is 1. The number of morpholine rings is 1. The van der Waals surface area contributed by atoms with Crippen LogP contribution in [0.1, 0.15) is 11.1 Å². The summed E-state index contributed by atoms with van der Waals surface area (Å²) in [4.78, 5) is 0.327. The lowest BCUT2D eigenvalue weighted by Crippen LogP contribution is -2.40. The monoisotopic (exact) mass is 476 g/mol. The fraction of sp³-hybridized carbons (Fsp3) is 0.333. The average Bonchev–Trinajstić information content (AvgIpc) is 3.27. The van der Waals surface area contributed by atoms with E-state index in [4.69, 9.17) is 4.74 Å². The van der Waals surface area contributed by atoms with Gasteiger partial charge in [0, 0.05) is 25.4 Å². The molecule has 2 heterocycles. The van der Waals surface area contributed by atoms with Crippen LogP contribution in [0.4, 0.5) is 5.13 Å². The van der Waals surface area contributed by atoms with Crippen molar-refractivity contribution >= 4 is 38.3 Å². The number of thioether (sulfide) groups is 1. The van der Waals surface area contributed by atoms with Gasteiger partial charge in [0.15, 0.2) is 4.34 Å². The van der Waals surface area contributed by atoms with Crippen LogP contribution in [-0.4, -0.2) is 55.8 Å². The minimum Gasteiger partial charge on any atom is -0.379 e. The highest BCUT2D eigenvalue weighted by molar-refractivity contribution is 8.00. The second-order valence-electron chi connectivity index (χ2n) is 6.99. The quantitative estimate of drug-likeness (QED) is 0.473. The molecule has 4 rings (SSSR count). The number of rotatable bonds is 9. The van der Waals surface area contributed by atoms with Crippen molar-refractivity contribution in [2.75, 3.05) is 38.2 Å². The number of aromatic nitrogens is 2. The second-order valence-corrected chi connectivity index (χ2v) is 11.1. The van der Waals surface area contributed by atoms with Crippen molar-refractivity contribution in [3.63, 3.8) is 0 Å². The summed E-state index contributed by atoms with van der Waals surface area (Å²) in [7, 11) is -3.49. The molecule has 0 radical (unpaired) electrons. The van der Waals surface area contributed by atoms with Gasteiger partial charge in [0.1, 0.15) is 0 Å². The van der Waals surface area contributed by atoms with E-state index in [2.05, 4.69) is 27.6 Å². The molecular formula is C21H24N4O3S3. The van der Waals surface area contributed by atoms with Gasteiger partial charge in [-0.1, -0.05) is 65.6 Å². The van der Waals surface area contributed by atoms with Crippen LogP contribution in [-0.2, 0) is 26.9 Å². The van der Waals surface area contributed by atoms with E-state index in [0.717, 1.165) is 28.0 Å². The molecule has 1 fully saturated rings. The molecule has 3 aromatic rings. The molecular weight excluding hydrogens is 452 g/mol. The first-order chi connectivity index (χ1) is 15.1. The Morgan fingerprint density at radius 3 is 2.61 bits per heavy atom. The van der Waals surface area contributed by atoms with Crippen LogP contribution in [0.5, 0.6) is 0 Å². The highest BCUT2D eigenvalue weighted by atomic mass is 32.2. The van der Waals surface area contributed by atoms with E-state index in [-0.39, 0.29) is 0 Å². The molecule has 31 heavy (non-hydrogen) atoms. The molecule has 7 nitrogen and oxygen atoms in total. The Morgan fingerprint density at radius 2 is 1.81 bits per heavy atom. The van der Waals surface area contributed by atoms with Gasteiger partial charge in [-0.2, -0.15) is 4.31 Å². The van der Waals surface area contributed by atoms with Crippen molar-refractivity contribution in [3.8, 4) is 0 Å². The zero-order valence-electron chi connectivity index (χ0n) is 16.9. The van der Waals surface area contributed by atoms with Gasteiger partial charge in [-0.15, -0.1) is 10.2 Å². The van der Waals surface area contributed by atoms with Crippen molar-refractivity contribution in [2.45, 2.75) is 21.4 Å². The summed E-state index contributed by atoms with van der Waals surface area (Å²) in [6, 6.07) is 17.4. The number of nitrogens with one attached hydrogen (secondary N) is 1. The summed E-state index contributed by atoms with van der Waals surface area (Å²) in [5.41, 5.74) is 2.22. The van der Waals surface area contributed by atoms with E-state index in [1.54, 1.807) is 30.0 Å². The highest BCUT2D eigenvalue weighted by Crippen LogP contribution is 2.29. The summed E-state index contributed by atoms with van der Waals surface area (Å²) in [6.07, 6.45) is 0.924. The number of anilines is 1. The van der Waals surface area contributed by atoms with Crippen molar-refractivity contribution < 1.29 is 13.2 Å². The molecule has 10 heteroatoms. The Bertz CT molecular complexity index is 1080. The number of hydrogen-bond donors (Lipinski definition) is 1. The van der Waals surface area contributed by atoms with Crippen LogP contribution >= 0.6 is 23.1 Å². The first-order valence-electron chi connectivity index (χ1n) is 10.0. The van der Waals surface area contributed by atoms with Crippen molar-refractivity contribution in [1.29, 1.82) is 0 Å². The van der Waals surface area contributed by atoms with Crippen LogP contribution in [0.15, 0.2) is 63.8 Å². The molecule has 0 aliphatic carbocycles. The van der Waals surface area contributed by atoms with Gasteiger partial charge in [0.25, 0.3) is 0 Å². The minimum absolute atomic E-state index is 0.327. The lowest BCUT2D eigenvalue weighted by Gasteiger charge is -2.26. The molecule has 0 saturated carbocycles. The normalized spacial score (nSPS) is 15.1. The Hall–Kier alpha value is -1.98. The van der Waals surface area contributed by atoms with Crippen LogP contribution in [0, 0.1) is 0 Å². The smallest absolute Gasteiger partial charge is 0.243 e. The van der Waals surface area contributed by atoms with Gasteiger partial charge in [-0.25, -0.2) is 8.42 Å².